The van der Waals surface area contributed by atoms with Crippen LogP contribution in [0.3, 0.4) is 0 Å². The number of phenols is 1. The van der Waals surface area contributed by atoms with Crippen molar-refractivity contribution in [1.29, 1.82) is 0 Å². The van der Waals surface area contributed by atoms with Gasteiger partial charge in [-0.2, -0.15) is 0 Å². The lowest BCUT2D eigenvalue weighted by atomic mass is 9.53. The number of ketones is 4. The predicted molar refractivity (Wildman–Crippen MR) is 123 cm³/mol. The van der Waals surface area contributed by atoms with E-state index < -0.39 is 82.3 Å². The molecular formula is C25H23N3O10. The van der Waals surface area contributed by atoms with Crippen molar-refractivity contribution in [3.63, 3.8) is 0 Å². The minimum Gasteiger partial charge on any atom is -0.507 e. The van der Waals surface area contributed by atoms with E-state index in [0.29, 0.717) is 11.1 Å². The Kier molecular flexibility index (Phi) is 5.90. The molecule has 4 aliphatic rings. The highest BCUT2D eigenvalue weighted by Gasteiger charge is 2.66. The number of nitrogens with two attached hydrogens (primary N) is 1. The molecule has 5 atom stereocenters. The number of primary amides is 1. The Morgan fingerprint density at radius 3 is 2.55 bits per heavy atom. The van der Waals surface area contributed by atoms with Gasteiger partial charge in [0.05, 0.1) is 17.6 Å². The molecular weight excluding hydrogens is 502 g/mol. The molecule has 0 aromatic heterocycles. The maximum Gasteiger partial charge on any atom is 0.286 e. The predicted octanol–water partition coefficient (Wildman–Crippen LogP) is -2.07. The summed E-state index contributed by atoms with van der Waals surface area (Å²) in [4.78, 5) is 88.1. The fourth-order valence-corrected chi connectivity index (χ4v) is 5.99. The number of fused-ring (bicyclic) bond motifs is 3. The van der Waals surface area contributed by atoms with E-state index in [1.165, 1.54) is 12.1 Å². The van der Waals surface area contributed by atoms with Gasteiger partial charge in [0, 0.05) is 18.9 Å². The number of phenolic OH excluding ortho intramolecular Hbond substituents is 1. The minimum atomic E-state index is -2.72. The summed E-state index contributed by atoms with van der Waals surface area (Å²) in [5.74, 6) is -12.4. The van der Waals surface area contributed by atoms with Crippen LogP contribution in [0.1, 0.15) is 34.3 Å². The first kappa shape index (κ1) is 25.3. The summed E-state index contributed by atoms with van der Waals surface area (Å²) < 4.78 is 5.11. The summed E-state index contributed by atoms with van der Waals surface area (Å²) >= 11 is 0. The van der Waals surface area contributed by atoms with Crippen molar-refractivity contribution in [1.82, 2.24) is 10.6 Å². The first-order valence-electron chi connectivity index (χ1n) is 11.9. The molecule has 3 amide bonds. The summed E-state index contributed by atoms with van der Waals surface area (Å²) in [5.41, 5.74) is 3.10. The smallest absolute Gasteiger partial charge is 0.286 e. The quantitative estimate of drug-likeness (QED) is 0.270. The number of aromatic hydroxyl groups is 1. The highest BCUT2D eigenvalue weighted by Crippen LogP contribution is 2.50. The van der Waals surface area contributed by atoms with E-state index >= 15 is 0 Å². The average Bonchev–Trinajstić information content (AvgIpc) is 2.85. The Labute approximate surface area is 214 Å². The second-order valence-electron chi connectivity index (χ2n) is 9.86. The van der Waals surface area contributed by atoms with E-state index in [1.807, 2.05) is 0 Å². The molecule has 2 saturated carbocycles. The molecule has 0 spiro atoms. The van der Waals surface area contributed by atoms with Crippen molar-refractivity contribution in [2.75, 3.05) is 6.73 Å². The fraction of sp³-hybridized carbons (Fsp3) is 0.400. The van der Waals surface area contributed by atoms with Crippen molar-refractivity contribution in [2.24, 2.45) is 29.4 Å². The number of rotatable bonds is 4. The molecule has 2 fully saturated rings. The lowest BCUT2D eigenvalue weighted by molar-refractivity contribution is -0.175. The number of carbonyl (C=O) groups is 7. The zero-order valence-corrected chi connectivity index (χ0v) is 19.8. The van der Waals surface area contributed by atoms with Gasteiger partial charge in [-0.15, -0.1) is 0 Å². The number of nitrogens with one attached hydrogen (secondary N) is 2. The third kappa shape index (κ3) is 3.69. The summed E-state index contributed by atoms with van der Waals surface area (Å²) in [7, 11) is 0. The SMILES string of the molecule is NC(=O)C1C(=O)C[C@@H]2C[C@@H]3Cc4c(CNC(=O)C5=CC(=O)NCO5)ccc(O)c4C(=O)C3C(=O)[C@]2(O)C1=O. The van der Waals surface area contributed by atoms with Gasteiger partial charge in [0.1, 0.15) is 5.75 Å². The number of hydrogen-bond donors (Lipinski definition) is 5. The summed E-state index contributed by atoms with van der Waals surface area (Å²) in [6, 6.07) is 2.72. The third-order valence-corrected chi connectivity index (χ3v) is 7.78. The van der Waals surface area contributed by atoms with Crippen molar-refractivity contribution < 1.29 is 48.5 Å². The Hall–Kier alpha value is -4.39. The van der Waals surface area contributed by atoms with Crippen LogP contribution in [0.5, 0.6) is 5.75 Å². The molecule has 2 unspecified atom stereocenters. The molecule has 5 rings (SSSR count). The zero-order chi connectivity index (χ0) is 27.5. The number of ether oxygens (including phenoxy) is 1. The first-order valence-corrected chi connectivity index (χ1v) is 11.9. The van der Waals surface area contributed by atoms with Gasteiger partial charge in [-0.1, -0.05) is 6.07 Å². The number of Topliss-reactive ketones (excluding diaryl/α,β-unsaturated/α-hetero) is 4. The van der Waals surface area contributed by atoms with Gasteiger partial charge < -0.3 is 31.3 Å². The van der Waals surface area contributed by atoms with Crippen LogP contribution in [0.25, 0.3) is 0 Å². The Morgan fingerprint density at radius 1 is 1.13 bits per heavy atom. The molecule has 0 bridgehead atoms. The molecule has 0 radical (unpaired) electrons. The van der Waals surface area contributed by atoms with Crippen LogP contribution >= 0.6 is 0 Å². The average molecular weight is 525 g/mol. The van der Waals surface area contributed by atoms with Crippen LogP contribution in [0, 0.1) is 23.7 Å². The van der Waals surface area contributed by atoms with E-state index in [9.17, 15) is 43.8 Å². The molecule has 13 heteroatoms. The number of amides is 3. The van der Waals surface area contributed by atoms with Crippen LogP contribution in [0.15, 0.2) is 24.0 Å². The monoisotopic (exact) mass is 525 g/mol. The van der Waals surface area contributed by atoms with E-state index in [0.717, 1.165) is 6.08 Å². The van der Waals surface area contributed by atoms with E-state index in [4.69, 9.17) is 10.5 Å². The highest BCUT2D eigenvalue weighted by molar-refractivity contribution is 6.31. The molecule has 38 heavy (non-hydrogen) atoms. The van der Waals surface area contributed by atoms with Crippen LogP contribution in [-0.2, 0) is 46.5 Å². The molecule has 6 N–H and O–H groups in total. The van der Waals surface area contributed by atoms with Crippen LogP contribution in [-0.4, -0.2) is 63.4 Å². The largest absolute Gasteiger partial charge is 0.507 e. The second kappa shape index (κ2) is 8.87. The Balaban J connectivity index is 1.46. The van der Waals surface area contributed by atoms with Gasteiger partial charge in [0.15, 0.2) is 47.1 Å². The fourth-order valence-electron chi connectivity index (χ4n) is 5.99. The van der Waals surface area contributed by atoms with Gasteiger partial charge in [0.25, 0.3) is 11.8 Å². The van der Waals surface area contributed by atoms with Crippen molar-refractivity contribution in [3.05, 3.63) is 40.7 Å². The number of aliphatic hydroxyl groups is 1. The topological polar surface area (TPSA) is 219 Å². The summed E-state index contributed by atoms with van der Waals surface area (Å²) in [6.45, 7) is -0.274. The Morgan fingerprint density at radius 2 is 1.87 bits per heavy atom. The number of benzene rings is 1. The van der Waals surface area contributed by atoms with E-state index in [2.05, 4.69) is 10.6 Å². The molecule has 1 aliphatic heterocycles. The highest BCUT2D eigenvalue weighted by atomic mass is 16.5. The van der Waals surface area contributed by atoms with Crippen molar-refractivity contribution in [2.45, 2.75) is 31.4 Å². The molecule has 1 aromatic carbocycles. The Bertz CT molecular complexity index is 1380. The van der Waals surface area contributed by atoms with Gasteiger partial charge in [-0.05, 0) is 36.0 Å². The van der Waals surface area contributed by atoms with Crippen LogP contribution in [0.4, 0.5) is 0 Å². The summed E-state index contributed by atoms with van der Waals surface area (Å²) in [5, 5.41) is 26.7. The van der Waals surface area contributed by atoms with Crippen molar-refractivity contribution in [3.8, 4) is 5.75 Å². The van der Waals surface area contributed by atoms with Gasteiger partial charge in [-0.3, -0.25) is 33.6 Å². The number of carbonyl (C=O) groups excluding carboxylic acids is 7. The van der Waals surface area contributed by atoms with Gasteiger partial charge in [-0.25, -0.2) is 0 Å². The van der Waals surface area contributed by atoms with E-state index in [1.54, 1.807) is 0 Å². The zero-order valence-electron chi connectivity index (χ0n) is 19.8. The lowest BCUT2D eigenvalue weighted by Gasteiger charge is -2.48. The number of hydrogen-bond acceptors (Lipinski definition) is 10. The normalized spacial score (nSPS) is 30.2. The van der Waals surface area contributed by atoms with Crippen LogP contribution < -0.4 is 16.4 Å². The second-order valence-corrected chi connectivity index (χ2v) is 9.86. The van der Waals surface area contributed by atoms with Gasteiger partial charge in [0.2, 0.25) is 5.91 Å². The molecule has 13 nitrogen and oxygen atoms in total. The standard InChI is InChI=1S/C25H23N3O10/c26-23(35)19-14(30)5-11-3-10-4-12-9(7-27-24(36)15-6-16(31)28-8-38-15)1-2-13(29)18(12)20(32)17(10)21(33)25(11,37)22(19)34/h1-2,6,10-11,17,19,29,37H,3-5,7-8H2,(H2,26,35)(H,27,36)(H,28,31)/t10-,11+,17?,19?,25+/m1/s1. The molecule has 1 heterocycles. The van der Waals surface area contributed by atoms with E-state index in [-0.39, 0.29) is 37.4 Å². The summed E-state index contributed by atoms with van der Waals surface area (Å²) in [6.07, 6.45) is 0.590. The molecule has 0 saturated heterocycles. The third-order valence-electron chi connectivity index (χ3n) is 7.78. The maximum atomic E-state index is 13.5. The van der Waals surface area contributed by atoms with Crippen molar-refractivity contribution >= 4 is 40.9 Å². The molecule has 1 aromatic rings. The molecule has 198 valence electrons. The maximum absolute atomic E-state index is 13.5. The molecule has 3 aliphatic carbocycles. The first-order chi connectivity index (χ1) is 17.9. The minimum absolute atomic E-state index is 0.0433. The van der Waals surface area contributed by atoms with Gasteiger partial charge >= 0.3 is 0 Å². The lowest BCUT2D eigenvalue weighted by Crippen LogP contribution is -2.68. The van der Waals surface area contributed by atoms with Crippen LogP contribution in [0.2, 0.25) is 0 Å².